The highest BCUT2D eigenvalue weighted by atomic mass is 16.5. The smallest absolute Gasteiger partial charge is 0.163 e. The topological polar surface area (TPSA) is 61.3 Å². The van der Waals surface area contributed by atoms with Gasteiger partial charge in [0.05, 0.1) is 23.2 Å². The molecule has 5 nitrogen and oxygen atoms in total. The predicted molar refractivity (Wildman–Crippen MR) is 147 cm³/mol. The fraction of sp³-hybridized carbons (Fsp3) is 0.406. The Bertz CT molecular complexity index is 1540. The standard InChI is InChI=1S/C32H34N2O3/c1-18-17-25-22(9-11-24(34-25)20-7-6-8-20)29(27(18)31(19(2)35)37-32(3,4)5)23-10-12-26-28-21(14-16-36-26)13-15-33-30(23)28/h9-13,15,17,20,31H,6-8,14,16H2,1-5H3/t31-/m1/s1. The monoisotopic (exact) mass is 494 g/mol. The third-order valence-corrected chi connectivity index (χ3v) is 7.73. The molecule has 37 heavy (non-hydrogen) atoms. The third kappa shape index (κ3) is 4.19. The first-order chi connectivity index (χ1) is 17.7. The van der Waals surface area contributed by atoms with Gasteiger partial charge in [0.2, 0.25) is 0 Å². The maximum absolute atomic E-state index is 13.1. The second-order valence-electron chi connectivity index (χ2n) is 11.5. The number of nitrogens with zero attached hydrogens (tertiary/aromatic N) is 2. The zero-order valence-corrected chi connectivity index (χ0v) is 22.4. The van der Waals surface area contributed by atoms with Gasteiger partial charge in [-0.25, -0.2) is 0 Å². The lowest BCUT2D eigenvalue weighted by Gasteiger charge is -2.30. The zero-order valence-electron chi connectivity index (χ0n) is 22.4. The molecule has 6 rings (SSSR count). The van der Waals surface area contributed by atoms with Gasteiger partial charge in [-0.2, -0.15) is 0 Å². The van der Waals surface area contributed by atoms with Crippen LogP contribution in [0.3, 0.4) is 0 Å². The Morgan fingerprint density at radius 3 is 2.65 bits per heavy atom. The fourth-order valence-corrected chi connectivity index (χ4v) is 5.80. The summed E-state index contributed by atoms with van der Waals surface area (Å²) in [6, 6.07) is 12.7. The van der Waals surface area contributed by atoms with E-state index in [9.17, 15) is 4.79 Å². The van der Waals surface area contributed by atoms with Crippen LogP contribution in [0.4, 0.5) is 0 Å². The van der Waals surface area contributed by atoms with E-state index in [1.807, 2.05) is 33.0 Å². The summed E-state index contributed by atoms with van der Waals surface area (Å²) in [5, 5.41) is 2.08. The molecule has 4 aromatic rings. The number of benzene rings is 2. The van der Waals surface area contributed by atoms with Crippen molar-refractivity contribution in [1.82, 2.24) is 9.97 Å². The first-order valence-electron chi connectivity index (χ1n) is 13.4. The van der Waals surface area contributed by atoms with Crippen molar-refractivity contribution in [2.75, 3.05) is 6.61 Å². The van der Waals surface area contributed by atoms with Crippen molar-refractivity contribution in [2.24, 2.45) is 0 Å². The van der Waals surface area contributed by atoms with E-state index in [-0.39, 0.29) is 5.78 Å². The molecule has 190 valence electrons. The van der Waals surface area contributed by atoms with Crippen molar-refractivity contribution in [3.8, 4) is 16.9 Å². The van der Waals surface area contributed by atoms with E-state index in [4.69, 9.17) is 19.4 Å². The number of aryl methyl sites for hydroxylation is 1. The molecule has 0 unspecified atom stereocenters. The molecule has 0 saturated heterocycles. The van der Waals surface area contributed by atoms with Crippen LogP contribution < -0.4 is 4.74 Å². The Hall–Kier alpha value is -3.31. The molecular weight excluding hydrogens is 460 g/mol. The van der Waals surface area contributed by atoms with E-state index in [0.717, 1.165) is 61.9 Å². The molecule has 1 aliphatic carbocycles. The van der Waals surface area contributed by atoms with Crippen LogP contribution >= 0.6 is 0 Å². The van der Waals surface area contributed by atoms with Crippen LogP contribution in [0.5, 0.6) is 5.75 Å². The molecule has 3 heterocycles. The molecule has 1 atom stereocenters. The van der Waals surface area contributed by atoms with Gasteiger partial charge >= 0.3 is 0 Å². The number of hydrogen-bond donors (Lipinski definition) is 0. The van der Waals surface area contributed by atoms with Crippen LogP contribution in [-0.2, 0) is 16.0 Å². The van der Waals surface area contributed by atoms with E-state index in [1.54, 1.807) is 6.92 Å². The molecule has 0 bridgehead atoms. The van der Waals surface area contributed by atoms with Gasteiger partial charge in [0.25, 0.3) is 0 Å². The quantitative estimate of drug-likeness (QED) is 0.289. The molecule has 2 aromatic carbocycles. The molecule has 5 heteroatoms. The lowest BCUT2D eigenvalue weighted by Crippen LogP contribution is -2.27. The second-order valence-corrected chi connectivity index (χ2v) is 11.5. The SMILES string of the molecule is CC(=O)[C@@H](OC(C)(C)C)c1c(C)cc2nc(C3CCC3)ccc2c1-c1ccc2c3c(ccnc13)CCO2. The van der Waals surface area contributed by atoms with E-state index < -0.39 is 11.7 Å². The number of carbonyl (C=O) groups is 1. The Morgan fingerprint density at radius 1 is 1.14 bits per heavy atom. The van der Waals surface area contributed by atoms with Gasteiger partial charge in [-0.3, -0.25) is 14.8 Å². The maximum atomic E-state index is 13.1. The average molecular weight is 495 g/mol. The van der Waals surface area contributed by atoms with Crippen LogP contribution in [-0.4, -0.2) is 28.0 Å². The van der Waals surface area contributed by atoms with Gasteiger partial charge in [0.15, 0.2) is 5.78 Å². The highest BCUT2D eigenvalue weighted by molar-refractivity contribution is 6.08. The Kier molecular flexibility index (Phi) is 5.79. The van der Waals surface area contributed by atoms with Crippen molar-refractivity contribution < 1.29 is 14.3 Å². The van der Waals surface area contributed by atoms with E-state index >= 15 is 0 Å². The number of carbonyl (C=O) groups excluding carboxylic acids is 1. The van der Waals surface area contributed by atoms with Crippen LogP contribution in [0.1, 0.15) is 81.4 Å². The van der Waals surface area contributed by atoms with Crippen LogP contribution in [0, 0.1) is 6.92 Å². The minimum Gasteiger partial charge on any atom is -0.493 e. The summed E-state index contributed by atoms with van der Waals surface area (Å²) in [6.45, 7) is 10.3. The van der Waals surface area contributed by atoms with E-state index in [1.165, 1.54) is 24.8 Å². The Morgan fingerprint density at radius 2 is 1.95 bits per heavy atom. The molecular formula is C32H34N2O3. The van der Waals surface area contributed by atoms with Gasteiger partial charge in [-0.1, -0.05) is 12.5 Å². The summed E-state index contributed by atoms with van der Waals surface area (Å²) in [5.41, 5.74) is 7.62. The molecule has 0 spiro atoms. The lowest BCUT2D eigenvalue weighted by molar-refractivity contribution is -0.138. The average Bonchev–Trinajstić information content (AvgIpc) is 2.81. The normalized spacial score (nSPS) is 16.5. The summed E-state index contributed by atoms with van der Waals surface area (Å²) in [4.78, 5) is 23.1. The molecule has 1 aliphatic heterocycles. The highest BCUT2D eigenvalue weighted by Gasteiger charge is 2.31. The number of aromatic nitrogens is 2. The summed E-state index contributed by atoms with van der Waals surface area (Å²) in [6.07, 6.45) is 5.71. The number of hydrogen-bond acceptors (Lipinski definition) is 5. The molecule has 2 aliphatic rings. The molecule has 0 radical (unpaired) electrons. The Labute approximate surface area is 218 Å². The maximum Gasteiger partial charge on any atom is 0.163 e. The summed E-state index contributed by atoms with van der Waals surface area (Å²) >= 11 is 0. The predicted octanol–water partition coefficient (Wildman–Crippen LogP) is 7.41. The number of fused-ring (bicyclic) bond motifs is 1. The zero-order chi connectivity index (χ0) is 25.9. The molecule has 0 N–H and O–H groups in total. The Balaban J connectivity index is 1.69. The van der Waals surface area contributed by atoms with Crippen molar-refractivity contribution in [3.05, 3.63) is 65.0 Å². The number of pyridine rings is 2. The van der Waals surface area contributed by atoms with Crippen LogP contribution in [0.2, 0.25) is 0 Å². The van der Waals surface area contributed by atoms with Crippen LogP contribution in [0.15, 0.2) is 42.6 Å². The first kappa shape index (κ1) is 24.1. The van der Waals surface area contributed by atoms with Gasteiger partial charge in [0.1, 0.15) is 11.9 Å². The summed E-state index contributed by atoms with van der Waals surface area (Å²) < 4.78 is 12.5. The second kappa shape index (κ2) is 8.91. The van der Waals surface area contributed by atoms with Crippen molar-refractivity contribution in [3.63, 3.8) is 0 Å². The van der Waals surface area contributed by atoms with Gasteiger partial charge in [0, 0.05) is 40.6 Å². The molecule has 1 saturated carbocycles. The highest BCUT2D eigenvalue weighted by Crippen LogP contribution is 2.45. The van der Waals surface area contributed by atoms with Gasteiger partial charge in [-0.15, -0.1) is 0 Å². The fourth-order valence-electron chi connectivity index (χ4n) is 5.80. The van der Waals surface area contributed by atoms with E-state index in [0.29, 0.717) is 12.5 Å². The minimum absolute atomic E-state index is 0.0169. The molecule has 1 fully saturated rings. The third-order valence-electron chi connectivity index (χ3n) is 7.73. The van der Waals surface area contributed by atoms with Crippen molar-refractivity contribution in [2.45, 2.75) is 77.9 Å². The lowest BCUT2D eigenvalue weighted by atomic mass is 9.81. The number of ketones is 1. The van der Waals surface area contributed by atoms with Gasteiger partial charge in [-0.05, 0) is 100 Å². The van der Waals surface area contributed by atoms with E-state index in [2.05, 4.69) is 37.3 Å². The van der Waals surface area contributed by atoms with Gasteiger partial charge < -0.3 is 9.47 Å². The van der Waals surface area contributed by atoms with Crippen molar-refractivity contribution in [1.29, 1.82) is 0 Å². The molecule has 2 aromatic heterocycles. The first-order valence-corrected chi connectivity index (χ1v) is 13.4. The largest absolute Gasteiger partial charge is 0.493 e. The van der Waals surface area contributed by atoms with Crippen molar-refractivity contribution >= 4 is 27.6 Å². The minimum atomic E-state index is -0.701. The number of ether oxygens (including phenoxy) is 2. The summed E-state index contributed by atoms with van der Waals surface area (Å²) in [5.74, 6) is 1.39. The number of rotatable bonds is 5. The molecule has 0 amide bonds. The van der Waals surface area contributed by atoms with Crippen LogP contribution in [0.25, 0.3) is 32.9 Å². The summed E-state index contributed by atoms with van der Waals surface area (Å²) in [7, 11) is 0. The number of Topliss-reactive ketones (excluding diaryl/α,β-unsaturated/α-hetero) is 1.